The van der Waals surface area contributed by atoms with Crippen molar-refractivity contribution >= 4 is 22.9 Å². The lowest BCUT2D eigenvalue weighted by Crippen LogP contribution is -2.35. The Kier molecular flexibility index (Phi) is 5.86. The molecule has 1 atom stereocenters. The highest BCUT2D eigenvalue weighted by Gasteiger charge is 2.13. The van der Waals surface area contributed by atoms with Crippen LogP contribution >= 0.6 is 11.3 Å². The highest BCUT2D eigenvalue weighted by Crippen LogP contribution is 2.23. The standard InChI is InChI=1S/C15H19N3O2S/c1-20-9-2-3-13(16)14(19)18-12-6-4-11(5-7-12)15-17-8-10-21-15/h4-8,10,13H,2-3,9,16H2,1H3,(H,18,19). The van der Waals surface area contributed by atoms with Crippen LogP contribution in [0.5, 0.6) is 0 Å². The van der Waals surface area contributed by atoms with Gasteiger partial charge in [-0.05, 0) is 37.1 Å². The number of nitrogens with two attached hydrogens (primary N) is 1. The maximum atomic E-state index is 11.9. The van der Waals surface area contributed by atoms with E-state index in [1.807, 2.05) is 29.6 Å². The third-order valence-corrected chi connectivity index (χ3v) is 3.85. The molecule has 0 saturated carbocycles. The second kappa shape index (κ2) is 7.87. The molecule has 21 heavy (non-hydrogen) atoms. The lowest BCUT2D eigenvalue weighted by atomic mass is 10.1. The third kappa shape index (κ3) is 4.63. The van der Waals surface area contributed by atoms with Gasteiger partial charge in [0.15, 0.2) is 0 Å². The van der Waals surface area contributed by atoms with Crippen LogP contribution in [0.4, 0.5) is 5.69 Å². The topological polar surface area (TPSA) is 77.2 Å². The maximum absolute atomic E-state index is 11.9. The Morgan fingerprint density at radius 1 is 1.43 bits per heavy atom. The molecule has 1 unspecified atom stereocenters. The first-order valence-electron chi connectivity index (χ1n) is 6.76. The van der Waals surface area contributed by atoms with Gasteiger partial charge in [-0.3, -0.25) is 4.79 Å². The number of anilines is 1. The zero-order valence-electron chi connectivity index (χ0n) is 11.9. The van der Waals surface area contributed by atoms with Gasteiger partial charge in [-0.1, -0.05) is 0 Å². The lowest BCUT2D eigenvalue weighted by molar-refractivity contribution is -0.117. The summed E-state index contributed by atoms with van der Waals surface area (Å²) in [6.07, 6.45) is 3.15. The molecular formula is C15H19N3O2S. The zero-order valence-corrected chi connectivity index (χ0v) is 12.7. The van der Waals surface area contributed by atoms with E-state index in [1.165, 1.54) is 0 Å². The number of hydrogen-bond donors (Lipinski definition) is 2. The van der Waals surface area contributed by atoms with Crippen LogP contribution in [-0.4, -0.2) is 30.6 Å². The van der Waals surface area contributed by atoms with Crippen LogP contribution in [0.3, 0.4) is 0 Å². The van der Waals surface area contributed by atoms with Gasteiger partial charge in [-0.15, -0.1) is 11.3 Å². The van der Waals surface area contributed by atoms with Gasteiger partial charge in [-0.25, -0.2) is 4.98 Å². The van der Waals surface area contributed by atoms with Crippen LogP contribution < -0.4 is 11.1 Å². The molecule has 0 radical (unpaired) electrons. The number of benzene rings is 1. The first-order chi connectivity index (χ1) is 10.2. The van der Waals surface area contributed by atoms with Crippen molar-refractivity contribution in [2.24, 2.45) is 5.73 Å². The summed E-state index contributed by atoms with van der Waals surface area (Å²) in [6, 6.07) is 7.07. The van der Waals surface area contributed by atoms with Gasteiger partial charge in [-0.2, -0.15) is 0 Å². The van der Waals surface area contributed by atoms with E-state index in [0.29, 0.717) is 13.0 Å². The number of carbonyl (C=O) groups is 1. The van der Waals surface area contributed by atoms with Crippen molar-refractivity contribution in [3.8, 4) is 10.6 Å². The van der Waals surface area contributed by atoms with E-state index >= 15 is 0 Å². The normalized spacial score (nSPS) is 12.1. The smallest absolute Gasteiger partial charge is 0.241 e. The summed E-state index contributed by atoms with van der Waals surface area (Å²) >= 11 is 1.58. The maximum Gasteiger partial charge on any atom is 0.241 e. The number of nitrogens with one attached hydrogen (secondary N) is 1. The molecule has 0 aliphatic rings. The molecule has 0 aliphatic carbocycles. The van der Waals surface area contributed by atoms with Gasteiger partial charge in [0, 0.05) is 36.5 Å². The van der Waals surface area contributed by atoms with Crippen molar-refractivity contribution in [1.82, 2.24) is 4.98 Å². The molecule has 1 heterocycles. The summed E-state index contributed by atoms with van der Waals surface area (Å²) in [5, 5.41) is 5.72. The number of methoxy groups -OCH3 is 1. The van der Waals surface area contributed by atoms with Crippen molar-refractivity contribution in [1.29, 1.82) is 0 Å². The molecule has 1 amide bonds. The number of rotatable bonds is 7. The van der Waals surface area contributed by atoms with Crippen LogP contribution in [0.15, 0.2) is 35.8 Å². The Labute approximate surface area is 128 Å². The van der Waals surface area contributed by atoms with Crippen molar-refractivity contribution in [2.75, 3.05) is 19.0 Å². The molecule has 2 aromatic rings. The minimum atomic E-state index is -0.515. The third-order valence-electron chi connectivity index (χ3n) is 3.03. The SMILES string of the molecule is COCCCC(N)C(=O)Nc1ccc(-c2nccs2)cc1. The summed E-state index contributed by atoms with van der Waals surface area (Å²) in [5.41, 5.74) is 7.61. The molecule has 1 aromatic carbocycles. The first-order valence-corrected chi connectivity index (χ1v) is 7.64. The average Bonchev–Trinajstić information content (AvgIpc) is 3.02. The molecular weight excluding hydrogens is 286 g/mol. The van der Waals surface area contributed by atoms with Crippen molar-refractivity contribution in [3.05, 3.63) is 35.8 Å². The van der Waals surface area contributed by atoms with Gasteiger partial charge < -0.3 is 15.8 Å². The van der Waals surface area contributed by atoms with E-state index in [2.05, 4.69) is 10.3 Å². The van der Waals surface area contributed by atoms with Gasteiger partial charge in [0.25, 0.3) is 0 Å². The average molecular weight is 305 g/mol. The van der Waals surface area contributed by atoms with Crippen LogP contribution in [0, 0.1) is 0 Å². The number of ether oxygens (including phenoxy) is 1. The molecule has 1 aromatic heterocycles. The van der Waals surface area contributed by atoms with Gasteiger partial charge in [0.05, 0.1) is 6.04 Å². The van der Waals surface area contributed by atoms with Crippen LogP contribution in [0.25, 0.3) is 10.6 Å². The summed E-state index contributed by atoms with van der Waals surface area (Å²) in [7, 11) is 1.63. The Morgan fingerprint density at radius 3 is 2.81 bits per heavy atom. The van der Waals surface area contributed by atoms with Crippen LogP contribution in [0.2, 0.25) is 0 Å². The minimum Gasteiger partial charge on any atom is -0.385 e. The number of hydrogen-bond acceptors (Lipinski definition) is 5. The zero-order chi connectivity index (χ0) is 15.1. The predicted molar refractivity (Wildman–Crippen MR) is 85.3 cm³/mol. The number of aromatic nitrogens is 1. The fraction of sp³-hybridized carbons (Fsp3) is 0.333. The molecule has 0 fully saturated rings. The molecule has 6 heteroatoms. The molecule has 0 bridgehead atoms. The first kappa shape index (κ1) is 15.6. The van der Waals surface area contributed by atoms with Gasteiger partial charge >= 0.3 is 0 Å². The van der Waals surface area contributed by atoms with E-state index < -0.39 is 6.04 Å². The van der Waals surface area contributed by atoms with Crippen LogP contribution in [-0.2, 0) is 9.53 Å². The Bertz CT molecular complexity index is 555. The second-order valence-electron chi connectivity index (χ2n) is 4.65. The molecule has 0 saturated heterocycles. The van der Waals surface area contributed by atoms with Crippen LogP contribution in [0.1, 0.15) is 12.8 Å². The molecule has 112 valence electrons. The largest absolute Gasteiger partial charge is 0.385 e. The highest BCUT2D eigenvalue weighted by atomic mass is 32.1. The molecule has 5 nitrogen and oxygen atoms in total. The predicted octanol–water partition coefficient (Wildman–Crippen LogP) is 2.50. The molecule has 3 N–H and O–H groups in total. The highest BCUT2D eigenvalue weighted by molar-refractivity contribution is 7.13. The van der Waals surface area contributed by atoms with E-state index in [0.717, 1.165) is 22.7 Å². The van der Waals surface area contributed by atoms with Gasteiger partial charge in [0.2, 0.25) is 5.91 Å². The molecule has 0 aliphatic heterocycles. The molecule has 0 spiro atoms. The summed E-state index contributed by atoms with van der Waals surface area (Å²) < 4.78 is 4.95. The summed E-state index contributed by atoms with van der Waals surface area (Å²) in [4.78, 5) is 16.2. The van der Waals surface area contributed by atoms with E-state index in [-0.39, 0.29) is 5.91 Å². The van der Waals surface area contributed by atoms with E-state index in [4.69, 9.17) is 10.5 Å². The number of thiazole rings is 1. The van der Waals surface area contributed by atoms with E-state index in [9.17, 15) is 4.79 Å². The minimum absolute atomic E-state index is 0.173. The Morgan fingerprint density at radius 2 is 2.19 bits per heavy atom. The second-order valence-corrected chi connectivity index (χ2v) is 5.54. The fourth-order valence-corrected chi connectivity index (χ4v) is 2.52. The van der Waals surface area contributed by atoms with Gasteiger partial charge in [0.1, 0.15) is 5.01 Å². The Hall–Kier alpha value is -1.76. The monoisotopic (exact) mass is 305 g/mol. The van der Waals surface area contributed by atoms with Crippen molar-refractivity contribution in [2.45, 2.75) is 18.9 Å². The molecule has 2 rings (SSSR count). The summed E-state index contributed by atoms with van der Waals surface area (Å²) in [5.74, 6) is -0.173. The Balaban J connectivity index is 1.89. The summed E-state index contributed by atoms with van der Waals surface area (Å²) in [6.45, 7) is 0.615. The number of amides is 1. The number of nitrogens with zero attached hydrogens (tertiary/aromatic N) is 1. The quantitative estimate of drug-likeness (QED) is 0.771. The fourth-order valence-electron chi connectivity index (χ4n) is 1.88. The number of carbonyl (C=O) groups excluding carboxylic acids is 1. The van der Waals surface area contributed by atoms with Crippen molar-refractivity contribution < 1.29 is 9.53 Å². The van der Waals surface area contributed by atoms with E-state index in [1.54, 1.807) is 24.6 Å². The van der Waals surface area contributed by atoms with Crippen molar-refractivity contribution in [3.63, 3.8) is 0 Å². The lowest BCUT2D eigenvalue weighted by Gasteiger charge is -2.12.